The Balaban J connectivity index is 1.04. The van der Waals surface area contributed by atoms with Crippen molar-refractivity contribution in [2.45, 2.75) is 91.1 Å². The van der Waals surface area contributed by atoms with Gasteiger partial charge in [-0.15, -0.1) is 0 Å². The van der Waals surface area contributed by atoms with Crippen LogP contribution in [0.3, 0.4) is 0 Å². The minimum absolute atomic E-state index is 0.0435. The summed E-state index contributed by atoms with van der Waals surface area (Å²) in [7, 11) is 1.29. The number of fused-ring (bicyclic) bond motifs is 7. The number of alkyl carbamates (subject to hydrolysis) is 1. The number of methoxy groups -OCH3 is 1. The van der Waals surface area contributed by atoms with Gasteiger partial charge in [0.15, 0.2) is 0 Å². The number of nitrogens with one attached hydrogen (secondary N) is 4. The maximum atomic E-state index is 13.7. The van der Waals surface area contributed by atoms with E-state index < -0.39 is 18.2 Å². The van der Waals surface area contributed by atoms with E-state index in [1.807, 2.05) is 49.8 Å². The van der Waals surface area contributed by atoms with Gasteiger partial charge in [0, 0.05) is 36.3 Å². The molecule has 8 rings (SSSR count). The number of imidazole rings is 2. The first-order valence-corrected chi connectivity index (χ1v) is 19.9. The molecule has 298 valence electrons. The SMILES string of the molecule is COC(=O)N[C@H](C(=O)N1CCCC1c1ncc(-c2ccc3c(c2)COc2c-3ccc3c2ccc2[nH]c([C@@H]4CCCN4C(=O)[C@@H](NC(C)=O)C(C)C)nc23)[nH]1)C(C)C. The molecule has 0 aliphatic carbocycles. The summed E-state index contributed by atoms with van der Waals surface area (Å²) in [4.78, 5) is 71.7. The Morgan fingerprint density at radius 3 is 2.14 bits per heavy atom. The van der Waals surface area contributed by atoms with Crippen molar-refractivity contribution in [3.05, 3.63) is 65.9 Å². The average molecular weight is 775 g/mol. The van der Waals surface area contributed by atoms with Gasteiger partial charge in [-0.05, 0) is 78.5 Å². The van der Waals surface area contributed by atoms with Crippen LogP contribution in [0, 0.1) is 11.8 Å². The molecule has 3 aromatic carbocycles. The third kappa shape index (κ3) is 6.95. The normalized spacial score (nSPS) is 18.7. The molecule has 5 aromatic rings. The Kier molecular flexibility index (Phi) is 10.1. The molecular weight excluding hydrogens is 725 g/mol. The van der Waals surface area contributed by atoms with E-state index in [1.54, 1.807) is 0 Å². The van der Waals surface area contributed by atoms with E-state index in [2.05, 4.69) is 57.0 Å². The number of nitrogens with zero attached hydrogens (tertiary/aromatic N) is 4. The van der Waals surface area contributed by atoms with Crippen molar-refractivity contribution in [2.24, 2.45) is 11.8 Å². The second-order valence-corrected chi connectivity index (χ2v) is 16.1. The molecule has 0 radical (unpaired) electrons. The molecule has 5 heterocycles. The zero-order chi connectivity index (χ0) is 40.1. The number of H-pyrrole nitrogens is 2. The summed E-state index contributed by atoms with van der Waals surface area (Å²) in [5.74, 6) is 1.67. The number of aromatic nitrogens is 4. The lowest BCUT2D eigenvalue weighted by molar-refractivity contribution is -0.138. The van der Waals surface area contributed by atoms with E-state index in [-0.39, 0.29) is 41.6 Å². The Morgan fingerprint density at radius 1 is 0.825 bits per heavy atom. The van der Waals surface area contributed by atoms with E-state index in [0.717, 1.165) is 87.0 Å². The quantitative estimate of drug-likeness (QED) is 0.131. The first kappa shape index (κ1) is 38.0. The second kappa shape index (κ2) is 15.2. The third-order valence-corrected chi connectivity index (χ3v) is 11.7. The maximum absolute atomic E-state index is 13.7. The van der Waals surface area contributed by atoms with Gasteiger partial charge in [0.25, 0.3) is 0 Å². The lowest BCUT2D eigenvalue weighted by atomic mass is 9.92. The largest absolute Gasteiger partial charge is 0.488 e. The van der Waals surface area contributed by atoms with Gasteiger partial charge in [-0.25, -0.2) is 14.8 Å². The van der Waals surface area contributed by atoms with Crippen LogP contribution in [-0.2, 0) is 25.7 Å². The van der Waals surface area contributed by atoms with Gasteiger partial charge >= 0.3 is 6.09 Å². The highest BCUT2D eigenvalue weighted by molar-refractivity contribution is 6.09. The summed E-state index contributed by atoms with van der Waals surface area (Å²) in [6.07, 6.45) is 4.45. The molecule has 0 bridgehead atoms. The lowest BCUT2D eigenvalue weighted by Crippen LogP contribution is -2.51. The highest BCUT2D eigenvalue weighted by Crippen LogP contribution is 2.45. The molecular formula is C43H50N8O6. The Hall–Kier alpha value is -5.92. The number of hydrogen-bond acceptors (Lipinski definition) is 8. The molecule has 2 aromatic heterocycles. The molecule has 4 N–H and O–H groups in total. The van der Waals surface area contributed by atoms with E-state index in [4.69, 9.17) is 19.4 Å². The summed E-state index contributed by atoms with van der Waals surface area (Å²) in [5.41, 5.74) is 6.67. The second-order valence-electron chi connectivity index (χ2n) is 16.1. The Bertz CT molecular complexity index is 2380. The number of rotatable bonds is 9. The highest BCUT2D eigenvalue weighted by Gasteiger charge is 2.39. The summed E-state index contributed by atoms with van der Waals surface area (Å²) >= 11 is 0. The summed E-state index contributed by atoms with van der Waals surface area (Å²) in [6, 6.07) is 12.9. The zero-order valence-electron chi connectivity index (χ0n) is 33.3. The molecule has 3 aliphatic rings. The number of carbonyl (C=O) groups excluding carboxylic acids is 4. The number of aromatic amines is 2. The van der Waals surface area contributed by atoms with E-state index in [1.165, 1.54) is 14.0 Å². The topological polar surface area (TPSA) is 175 Å². The fourth-order valence-electron chi connectivity index (χ4n) is 8.76. The van der Waals surface area contributed by atoms with Gasteiger partial charge in [-0.3, -0.25) is 14.4 Å². The third-order valence-electron chi connectivity index (χ3n) is 11.7. The first-order chi connectivity index (χ1) is 27.4. The number of carbonyl (C=O) groups is 4. The van der Waals surface area contributed by atoms with Crippen molar-refractivity contribution in [1.82, 2.24) is 40.4 Å². The van der Waals surface area contributed by atoms with Crippen molar-refractivity contribution < 1.29 is 28.7 Å². The molecule has 14 nitrogen and oxygen atoms in total. The van der Waals surface area contributed by atoms with Gasteiger partial charge in [-0.2, -0.15) is 0 Å². The molecule has 1 unspecified atom stereocenters. The van der Waals surface area contributed by atoms with Gasteiger partial charge in [0.05, 0.1) is 42.1 Å². The average Bonchev–Trinajstić information content (AvgIpc) is 4.03. The molecule has 2 saturated heterocycles. The lowest BCUT2D eigenvalue weighted by Gasteiger charge is -2.30. The maximum Gasteiger partial charge on any atom is 0.407 e. The van der Waals surface area contributed by atoms with Crippen LogP contribution < -0.4 is 15.4 Å². The van der Waals surface area contributed by atoms with E-state index in [9.17, 15) is 19.2 Å². The molecule has 4 amide bonds. The van der Waals surface area contributed by atoms with Crippen LogP contribution in [0.1, 0.15) is 89.6 Å². The molecule has 0 spiro atoms. The van der Waals surface area contributed by atoms with Crippen molar-refractivity contribution in [3.63, 3.8) is 0 Å². The van der Waals surface area contributed by atoms with Crippen LogP contribution >= 0.6 is 0 Å². The van der Waals surface area contributed by atoms with Crippen LogP contribution in [0.5, 0.6) is 5.75 Å². The van der Waals surface area contributed by atoms with Crippen molar-refractivity contribution in [3.8, 4) is 28.1 Å². The van der Waals surface area contributed by atoms with Crippen LogP contribution in [-0.4, -0.2) is 85.8 Å². The van der Waals surface area contributed by atoms with Gasteiger partial charge < -0.3 is 39.9 Å². The summed E-state index contributed by atoms with van der Waals surface area (Å²) in [5, 5.41) is 7.49. The van der Waals surface area contributed by atoms with Crippen LogP contribution in [0.4, 0.5) is 4.79 Å². The molecule has 14 heteroatoms. The number of hydrogen-bond donors (Lipinski definition) is 4. The standard InChI is InChI=1S/C43H50N8O6/c1-22(2)35(45-24(5)52)41(53)51-18-8-10-34(51)40-46-31-16-15-30-28(37(31)48-40)13-14-29-27-12-11-25(19-26(27)21-57-38(29)30)32-20-44-39(47-32)33-9-7-17-50(33)42(54)36(23(3)4)49-43(55)56-6/h11-16,19-20,22-23,33-36H,7-10,17-18,21H2,1-6H3,(H,44,47)(H,45,52)(H,46,48)(H,49,55)/t33?,34-,35-,36-/m0/s1. The van der Waals surface area contributed by atoms with Gasteiger partial charge in [-0.1, -0.05) is 45.9 Å². The van der Waals surface area contributed by atoms with Crippen molar-refractivity contribution in [2.75, 3.05) is 20.2 Å². The summed E-state index contributed by atoms with van der Waals surface area (Å²) in [6.45, 7) is 10.7. The first-order valence-electron chi connectivity index (χ1n) is 19.9. The highest BCUT2D eigenvalue weighted by atomic mass is 16.5. The van der Waals surface area contributed by atoms with Gasteiger partial charge in [0.1, 0.15) is 36.1 Å². The Morgan fingerprint density at radius 2 is 1.47 bits per heavy atom. The fourth-order valence-corrected chi connectivity index (χ4v) is 8.76. The van der Waals surface area contributed by atoms with Crippen LogP contribution in [0.25, 0.3) is 44.2 Å². The molecule has 3 aliphatic heterocycles. The number of likely N-dealkylation sites (tertiary alicyclic amines) is 2. The van der Waals surface area contributed by atoms with Gasteiger partial charge in [0.2, 0.25) is 17.7 Å². The smallest absolute Gasteiger partial charge is 0.407 e. The Labute approximate surface area is 331 Å². The van der Waals surface area contributed by atoms with Crippen molar-refractivity contribution >= 4 is 45.6 Å². The predicted octanol–water partition coefficient (Wildman–Crippen LogP) is 6.53. The van der Waals surface area contributed by atoms with Crippen molar-refractivity contribution in [1.29, 1.82) is 0 Å². The summed E-state index contributed by atoms with van der Waals surface area (Å²) < 4.78 is 11.3. The fraction of sp³-hybridized carbons (Fsp3) is 0.442. The minimum Gasteiger partial charge on any atom is -0.488 e. The minimum atomic E-state index is -0.698. The molecule has 2 fully saturated rings. The number of amides is 4. The van der Waals surface area contributed by atoms with Crippen LogP contribution in [0.15, 0.2) is 48.7 Å². The zero-order valence-corrected chi connectivity index (χ0v) is 33.3. The number of benzene rings is 3. The molecule has 57 heavy (non-hydrogen) atoms. The van der Waals surface area contributed by atoms with E-state index >= 15 is 0 Å². The number of ether oxygens (including phenoxy) is 2. The van der Waals surface area contributed by atoms with E-state index in [0.29, 0.717) is 25.5 Å². The predicted molar refractivity (Wildman–Crippen MR) is 215 cm³/mol. The molecule has 4 atom stereocenters. The monoisotopic (exact) mass is 774 g/mol. The molecule has 0 saturated carbocycles. The van der Waals surface area contributed by atoms with Crippen LogP contribution in [0.2, 0.25) is 0 Å².